The smallest absolute Gasteiger partial charge is 0.199 e. The lowest BCUT2D eigenvalue weighted by molar-refractivity contribution is 0.605. The normalized spacial score (nSPS) is 11.7. The van der Waals surface area contributed by atoms with Gasteiger partial charge in [-0.05, 0) is 29.8 Å². The summed E-state index contributed by atoms with van der Waals surface area (Å²) in [7, 11) is 0.339. The van der Waals surface area contributed by atoms with Crippen LogP contribution < -0.4 is 4.90 Å². The number of sulfone groups is 1. The molecule has 2 aromatic carbocycles. The van der Waals surface area contributed by atoms with E-state index in [2.05, 4.69) is 0 Å². The van der Waals surface area contributed by atoms with Crippen molar-refractivity contribution in [1.82, 2.24) is 0 Å². The first kappa shape index (κ1) is 14.3. The van der Waals surface area contributed by atoms with E-state index in [1.165, 1.54) is 5.41 Å². The van der Waals surface area contributed by atoms with E-state index in [0.29, 0.717) is 4.90 Å². The minimum atomic E-state index is -3.42. The summed E-state index contributed by atoms with van der Waals surface area (Å²) >= 11 is 0. The lowest BCUT2D eigenvalue weighted by Crippen LogP contribution is -2.09. The molecule has 0 bridgehead atoms. The number of nitrogens with zero attached hydrogens (tertiary/aromatic N) is 1. The van der Waals surface area contributed by atoms with E-state index in [9.17, 15) is 8.42 Å². The van der Waals surface area contributed by atoms with E-state index < -0.39 is 9.84 Å². The maximum atomic E-state index is 12.3. The first-order valence-corrected chi connectivity index (χ1v) is 7.79. The van der Waals surface area contributed by atoms with Crippen molar-refractivity contribution >= 4 is 21.6 Å². The topological polar surface area (TPSA) is 37.4 Å². The second kappa shape index (κ2) is 5.92. The van der Waals surface area contributed by atoms with Gasteiger partial charge in [-0.15, -0.1) is 0 Å². The van der Waals surface area contributed by atoms with Crippen LogP contribution in [0.2, 0.25) is 0 Å². The molecule has 0 unspecified atom stereocenters. The molecule has 2 aromatic rings. The molecule has 0 N–H and O–H groups in total. The third-order valence-electron chi connectivity index (χ3n) is 2.90. The van der Waals surface area contributed by atoms with Crippen LogP contribution in [0.25, 0.3) is 6.08 Å². The molecule has 0 heterocycles. The first-order valence-electron chi connectivity index (χ1n) is 6.25. The highest BCUT2D eigenvalue weighted by Crippen LogP contribution is 2.20. The second-order valence-corrected chi connectivity index (χ2v) is 6.48. The van der Waals surface area contributed by atoms with Gasteiger partial charge in [0.1, 0.15) is 0 Å². The van der Waals surface area contributed by atoms with Crippen molar-refractivity contribution in [3.05, 3.63) is 65.6 Å². The van der Waals surface area contributed by atoms with Gasteiger partial charge in [0.2, 0.25) is 0 Å². The standard InChI is InChI=1S/C16H17NO2S/c1-17(2)15-9-6-10-16(13-15)20(18,19)12-11-14-7-4-3-5-8-14/h3-13H,1-2H3/b12-11+. The fraction of sp³-hybridized carbons (Fsp3) is 0.125. The van der Waals surface area contributed by atoms with Gasteiger partial charge in [-0.25, -0.2) is 8.42 Å². The Kier molecular flexibility index (Phi) is 4.25. The minimum Gasteiger partial charge on any atom is -0.378 e. The molecular formula is C16H17NO2S. The quantitative estimate of drug-likeness (QED) is 0.866. The molecule has 0 aromatic heterocycles. The Hall–Kier alpha value is -2.07. The number of benzene rings is 2. The minimum absolute atomic E-state index is 0.302. The predicted octanol–water partition coefficient (Wildman–Crippen LogP) is 3.20. The van der Waals surface area contributed by atoms with E-state index in [1.807, 2.05) is 55.4 Å². The summed E-state index contributed by atoms with van der Waals surface area (Å²) in [5.74, 6) is 0. The average Bonchev–Trinajstić information content (AvgIpc) is 2.46. The SMILES string of the molecule is CN(C)c1cccc(S(=O)(=O)/C=C/c2ccccc2)c1. The molecule has 0 amide bonds. The molecule has 2 rings (SSSR count). The molecule has 0 saturated heterocycles. The first-order chi connectivity index (χ1) is 9.49. The van der Waals surface area contributed by atoms with Crippen molar-refractivity contribution in [3.63, 3.8) is 0 Å². The van der Waals surface area contributed by atoms with Gasteiger partial charge in [-0.2, -0.15) is 0 Å². The van der Waals surface area contributed by atoms with Gasteiger partial charge in [0, 0.05) is 25.2 Å². The van der Waals surface area contributed by atoms with Crippen molar-refractivity contribution in [1.29, 1.82) is 0 Å². The third-order valence-corrected chi connectivity index (χ3v) is 4.31. The summed E-state index contributed by atoms with van der Waals surface area (Å²) < 4.78 is 24.5. The lowest BCUT2D eigenvalue weighted by Gasteiger charge is -2.12. The Morgan fingerprint density at radius 2 is 1.65 bits per heavy atom. The Labute approximate surface area is 120 Å². The molecule has 0 aliphatic carbocycles. The fourth-order valence-electron chi connectivity index (χ4n) is 1.75. The lowest BCUT2D eigenvalue weighted by atomic mass is 10.2. The Morgan fingerprint density at radius 1 is 0.950 bits per heavy atom. The summed E-state index contributed by atoms with van der Waals surface area (Å²) in [6.07, 6.45) is 1.61. The summed E-state index contributed by atoms with van der Waals surface area (Å²) in [4.78, 5) is 2.18. The second-order valence-electron chi connectivity index (χ2n) is 4.65. The van der Waals surface area contributed by atoms with Crippen LogP contribution in [-0.4, -0.2) is 22.5 Å². The monoisotopic (exact) mass is 287 g/mol. The van der Waals surface area contributed by atoms with Gasteiger partial charge < -0.3 is 4.90 Å². The van der Waals surface area contributed by atoms with Crippen LogP contribution in [0.4, 0.5) is 5.69 Å². The predicted molar refractivity (Wildman–Crippen MR) is 83.4 cm³/mol. The Morgan fingerprint density at radius 3 is 2.30 bits per heavy atom. The van der Waals surface area contributed by atoms with Crippen molar-refractivity contribution in [2.45, 2.75) is 4.90 Å². The molecule has 0 saturated carbocycles. The van der Waals surface area contributed by atoms with Crippen LogP contribution in [0.5, 0.6) is 0 Å². The van der Waals surface area contributed by atoms with Crippen LogP contribution in [0.1, 0.15) is 5.56 Å². The van der Waals surface area contributed by atoms with Gasteiger partial charge >= 0.3 is 0 Å². The highest BCUT2D eigenvalue weighted by molar-refractivity contribution is 7.94. The van der Waals surface area contributed by atoms with Crippen LogP contribution in [-0.2, 0) is 9.84 Å². The van der Waals surface area contributed by atoms with E-state index in [1.54, 1.807) is 24.3 Å². The number of anilines is 1. The van der Waals surface area contributed by atoms with E-state index >= 15 is 0 Å². The summed E-state index contributed by atoms with van der Waals surface area (Å²) in [6, 6.07) is 16.3. The summed E-state index contributed by atoms with van der Waals surface area (Å²) in [5.41, 5.74) is 1.72. The maximum Gasteiger partial charge on any atom is 0.199 e. The van der Waals surface area contributed by atoms with Gasteiger partial charge in [0.25, 0.3) is 0 Å². The number of hydrogen-bond donors (Lipinski definition) is 0. The van der Waals surface area contributed by atoms with Crippen molar-refractivity contribution in [2.75, 3.05) is 19.0 Å². The van der Waals surface area contributed by atoms with Crippen LogP contribution in [0, 0.1) is 0 Å². The molecule has 0 spiro atoms. The van der Waals surface area contributed by atoms with Gasteiger partial charge in [-0.1, -0.05) is 36.4 Å². The van der Waals surface area contributed by atoms with E-state index in [0.717, 1.165) is 11.3 Å². The van der Waals surface area contributed by atoms with Crippen LogP contribution >= 0.6 is 0 Å². The van der Waals surface area contributed by atoms with Crippen molar-refractivity contribution in [3.8, 4) is 0 Å². The van der Waals surface area contributed by atoms with Crippen LogP contribution in [0.3, 0.4) is 0 Å². The van der Waals surface area contributed by atoms with Crippen molar-refractivity contribution < 1.29 is 8.42 Å². The van der Waals surface area contributed by atoms with Crippen LogP contribution in [0.15, 0.2) is 64.9 Å². The molecule has 104 valence electrons. The highest BCUT2D eigenvalue weighted by atomic mass is 32.2. The van der Waals surface area contributed by atoms with Gasteiger partial charge in [-0.3, -0.25) is 0 Å². The molecule has 4 heteroatoms. The van der Waals surface area contributed by atoms with E-state index in [-0.39, 0.29) is 0 Å². The summed E-state index contributed by atoms with van der Waals surface area (Å²) in [5, 5.41) is 1.25. The third kappa shape index (κ3) is 3.48. The zero-order chi connectivity index (χ0) is 14.6. The molecule has 0 aliphatic heterocycles. The zero-order valence-electron chi connectivity index (χ0n) is 11.5. The van der Waals surface area contributed by atoms with Gasteiger partial charge in [0.15, 0.2) is 9.84 Å². The summed E-state index contributed by atoms with van der Waals surface area (Å²) in [6.45, 7) is 0. The van der Waals surface area contributed by atoms with E-state index in [4.69, 9.17) is 0 Å². The molecule has 0 fully saturated rings. The maximum absolute atomic E-state index is 12.3. The molecule has 0 aliphatic rings. The number of rotatable bonds is 4. The molecule has 20 heavy (non-hydrogen) atoms. The van der Waals surface area contributed by atoms with Crippen molar-refractivity contribution in [2.24, 2.45) is 0 Å². The van der Waals surface area contributed by atoms with Gasteiger partial charge in [0.05, 0.1) is 4.90 Å². The highest BCUT2D eigenvalue weighted by Gasteiger charge is 2.11. The molecule has 3 nitrogen and oxygen atoms in total. The molecular weight excluding hydrogens is 270 g/mol. The largest absolute Gasteiger partial charge is 0.378 e. The number of hydrogen-bond acceptors (Lipinski definition) is 3. The Bertz CT molecular complexity index is 704. The average molecular weight is 287 g/mol. The molecule has 0 atom stereocenters. The zero-order valence-corrected chi connectivity index (χ0v) is 12.3. The molecule has 0 radical (unpaired) electrons. The Balaban J connectivity index is 2.31. The fourth-order valence-corrected chi connectivity index (χ4v) is 2.80.